The van der Waals surface area contributed by atoms with Gasteiger partial charge in [-0.05, 0) is 13.0 Å². The van der Waals surface area contributed by atoms with E-state index in [9.17, 15) is 14.9 Å². The van der Waals surface area contributed by atoms with Crippen LogP contribution in [0.1, 0.15) is 12.6 Å². The number of nitro benzene ring substituents is 1. The molecule has 7 heteroatoms. The summed E-state index contributed by atoms with van der Waals surface area (Å²) in [7, 11) is 1.77. The van der Waals surface area contributed by atoms with Gasteiger partial charge in [-0.15, -0.1) is 0 Å². The Balaban J connectivity index is 2.56. The van der Waals surface area contributed by atoms with Gasteiger partial charge in [-0.25, -0.2) is 4.98 Å². The highest BCUT2D eigenvalue weighted by Gasteiger charge is 2.19. The van der Waals surface area contributed by atoms with Crippen LogP contribution >= 0.6 is 0 Å². The highest BCUT2D eigenvalue weighted by atomic mass is 16.6. The Bertz CT molecular complexity index is 745. The number of carboxylic acid groups (broad SMARTS) is 1. The molecule has 1 unspecified atom stereocenters. The van der Waals surface area contributed by atoms with Gasteiger partial charge in [-0.3, -0.25) is 14.9 Å². The molecule has 2 aromatic rings. The predicted octanol–water partition coefficient (Wildman–Crippen LogP) is 2.61. The molecule has 1 aromatic carbocycles. The molecule has 1 heterocycles. The van der Waals surface area contributed by atoms with Crippen molar-refractivity contribution in [3.05, 3.63) is 40.1 Å². The third-order valence-corrected chi connectivity index (χ3v) is 3.50. The first-order valence-corrected chi connectivity index (χ1v) is 6.80. The normalized spacial score (nSPS) is 12.1. The molecule has 116 valence electrons. The Morgan fingerprint density at radius 2 is 2.18 bits per heavy atom. The summed E-state index contributed by atoms with van der Waals surface area (Å²) in [5, 5.41) is 20.8. The average molecular weight is 303 g/mol. The Labute approximate surface area is 127 Å². The minimum Gasteiger partial charge on any atom is -0.481 e. The molecule has 7 nitrogen and oxygen atoms in total. The van der Waals surface area contributed by atoms with E-state index in [1.54, 1.807) is 44.0 Å². The molecule has 0 aliphatic heterocycles. The molecule has 0 aliphatic rings. The number of fused-ring (bicyclic) bond motifs is 1. The van der Waals surface area contributed by atoms with Crippen molar-refractivity contribution in [2.75, 3.05) is 18.5 Å². The lowest BCUT2D eigenvalue weighted by Crippen LogP contribution is -2.28. The number of carboxylic acids is 1. The number of aromatic nitrogens is 1. The Hall–Kier alpha value is -2.70. The first-order valence-electron chi connectivity index (χ1n) is 6.80. The van der Waals surface area contributed by atoms with Gasteiger partial charge in [0, 0.05) is 36.4 Å². The van der Waals surface area contributed by atoms with E-state index in [4.69, 9.17) is 5.11 Å². The van der Waals surface area contributed by atoms with Gasteiger partial charge in [0.25, 0.3) is 5.69 Å². The number of hydrogen-bond donors (Lipinski definition) is 1. The van der Waals surface area contributed by atoms with Gasteiger partial charge >= 0.3 is 5.97 Å². The van der Waals surface area contributed by atoms with Crippen LogP contribution in [0.4, 0.5) is 11.4 Å². The molecule has 1 aromatic heterocycles. The zero-order valence-corrected chi connectivity index (χ0v) is 12.6. The summed E-state index contributed by atoms with van der Waals surface area (Å²) in [6, 6.07) is 6.58. The zero-order chi connectivity index (χ0) is 16.4. The molecule has 1 N–H and O–H groups in total. The van der Waals surface area contributed by atoms with Crippen molar-refractivity contribution in [1.82, 2.24) is 4.98 Å². The summed E-state index contributed by atoms with van der Waals surface area (Å²) in [5.41, 5.74) is 1.64. The summed E-state index contributed by atoms with van der Waals surface area (Å²) in [6.45, 7) is 3.68. The highest BCUT2D eigenvalue weighted by molar-refractivity contribution is 5.97. The van der Waals surface area contributed by atoms with E-state index in [1.807, 2.05) is 0 Å². The third kappa shape index (κ3) is 2.98. The molecule has 2 rings (SSSR count). The van der Waals surface area contributed by atoms with Gasteiger partial charge in [0.1, 0.15) is 0 Å². The molecule has 0 radical (unpaired) electrons. The summed E-state index contributed by atoms with van der Waals surface area (Å²) >= 11 is 0. The number of nitrogens with zero attached hydrogens (tertiary/aromatic N) is 3. The SMILES string of the molecule is Cc1cc(N(C)CC(C)C(=O)O)c2cccc([N+](=O)[O-])c2n1. The van der Waals surface area contributed by atoms with E-state index in [-0.39, 0.29) is 5.69 Å². The van der Waals surface area contributed by atoms with Crippen molar-refractivity contribution in [2.45, 2.75) is 13.8 Å². The number of pyridine rings is 1. The number of rotatable bonds is 5. The maximum atomic E-state index is 11.1. The van der Waals surface area contributed by atoms with Crippen LogP contribution in [0.5, 0.6) is 0 Å². The predicted molar refractivity (Wildman–Crippen MR) is 83.2 cm³/mol. The van der Waals surface area contributed by atoms with Crippen molar-refractivity contribution >= 4 is 28.2 Å². The maximum absolute atomic E-state index is 11.1. The fourth-order valence-electron chi connectivity index (χ4n) is 2.39. The number of hydrogen-bond acceptors (Lipinski definition) is 5. The van der Waals surface area contributed by atoms with Crippen molar-refractivity contribution in [2.24, 2.45) is 5.92 Å². The Morgan fingerprint density at radius 3 is 2.77 bits per heavy atom. The quantitative estimate of drug-likeness (QED) is 0.673. The van der Waals surface area contributed by atoms with Crippen LogP contribution in [0.25, 0.3) is 10.9 Å². The molecule has 0 saturated heterocycles. The van der Waals surface area contributed by atoms with E-state index in [2.05, 4.69) is 4.98 Å². The summed E-state index contributed by atoms with van der Waals surface area (Å²) in [5.74, 6) is -1.43. The Morgan fingerprint density at radius 1 is 1.50 bits per heavy atom. The van der Waals surface area contributed by atoms with Gasteiger partial charge in [-0.2, -0.15) is 0 Å². The minimum atomic E-state index is -0.882. The van der Waals surface area contributed by atoms with Gasteiger partial charge in [0.05, 0.1) is 10.8 Å². The smallest absolute Gasteiger partial charge is 0.308 e. The number of para-hydroxylation sites is 1. The molecule has 1 atom stereocenters. The fraction of sp³-hybridized carbons (Fsp3) is 0.333. The van der Waals surface area contributed by atoms with Crippen LogP contribution in [0.3, 0.4) is 0 Å². The molecule has 0 aliphatic carbocycles. The van der Waals surface area contributed by atoms with E-state index < -0.39 is 16.8 Å². The largest absolute Gasteiger partial charge is 0.481 e. The fourth-order valence-corrected chi connectivity index (χ4v) is 2.39. The zero-order valence-electron chi connectivity index (χ0n) is 12.6. The topological polar surface area (TPSA) is 96.6 Å². The summed E-state index contributed by atoms with van der Waals surface area (Å²) in [4.78, 5) is 27.8. The standard InChI is InChI=1S/C15H17N3O4/c1-9(15(19)20)8-17(3)13-7-10(2)16-14-11(13)5-4-6-12(14)18(21)22/h4-7,9H,8H2,1-3H3,(H,19,20). The second kappa shape index (κ2) is 5.97. The minimum absolute atomic E-state index is 0.0536. The van der Waals surface area contributed by atoms with Crippen molar-refractivity contribution < 1.29 is 14.8 Å². The lowest BCUT2D eigenvalue weighted by Gasteiger charge is -2.23. The van der Waals surface area contributed by atoms with Crippen LogP contribution < -0.4 is 4.90 Å². The molecular weight excluding hydrogens is 286 g/mol. The summed E-state index contributed by atoms with van der Waals surface area (Å²) < 4.78 is 0. The second-order valence-electron chi connectivity index (χ2n) is 5.33. The van der Waals surface area contributed by atoms with Gasteiger partial charge < -0.3 is 10.0 Å². The van der Waals surface area contributed by atoms with Crippen LogP contribution in [0.15, 0.2) is 24.3 Å². The van der Waals surface area contributed by atoms with Gasteiger partial charge in [-0.1, -0.05) is 19.1 Å². The second-order valence-corrected chi connectivity index (χ2v) is 5.33. The number of non-ortho nitro benzene ring substituents is 1. The van der Waals surface area contributed by atoms with E-state index in [1.165, 1.54) is 6.07 Å². The number of anilines is 1. The molecule has 0 spiro atoms. The lowest BCUT2D eigenvalue weighted by atomic mass is 10.1. The molecule has 22 heavy (non-hydrogen) atoms. The van der Waals surface area contributed by atoms with Crippen LogP contribution in [-0.2, 0) is 4.79 Å². The molecule has 0 bridgehead atoms. The Kier molecular flexibility index (Phi) is 4.25. The number of benzene rings is 1. The number of nitro groups is 1. The molecule has 0 amide bonds. The van der Waals surface area contributed by atoms with E-state index in [0.29, 0.717) is 23.1 Å². The first-order chi connectivity index (χ1) is 10.3. The van der Waals surface area contributed by atoms with Crippen molar-refractivity contribution in [1.29, 1.82) is 0 Å². The average Bonchev–Trinajstić information content (AvgIpc) is 2.45. The van der Waals surface area contributed by atoms with Gasteiger partial charge in [0.2, 0.25) is 0 Å². The highest BCUT2D eigenvalue weighted by Crippen LogP contribution is 2.31. The number of carbonyl (C=O) groups is 1. The summed E-state index contributed by atoms with van der Waals surface area (Å²) in [6.07, 6.45) is 0. The van der Waals surface area contributed by atoms with Crippen molar-refractivity contribution in [3.63, 3.8) is 0 Å². The number of aryl methyl sites for hydroxylation is 1. The molecule has 0 saturated carbocycles. The van der Waals surface area contributed by atoms with Crippen LogP contribution in [0, 0.1) is 23.0 Å². The van der Waals surface area contributed by atoms with Crippen molar-refractivity contribution in [3.8, 4) is 0 Å². The van der Waals surface area contributed by atoms with Crippen LogP contribution in [0.2, 0.25) is 0 Å². The first kappa shape index (κ1) is 15.7. The van der Waals surface area contributed by atoms with Crippen LogP contribution in [-0.4, -0.2) is 34.6 Å². The van der Waals surface area contributed by atoms with E-state index >= 15 is 0 Å². The molecular formula is C15H17N3O4. The monoisotopic (exact) mass is 303 g/mol. The van der Waals surface area contributed by atoms with Gasteiger partial charge in [0.15, 0.2) is 5.52 Å². The number of aliphatic carboxylic acids is 1. The van der Waals surface area contributed by atoms with E-state index in [0.717, 1.165) is 5.69 Å². The third-order valence-electron chi connectivity index (χ3n) is 3.50. The lowest BCUT2D eigenvalue weighted by molar-refractivity contribution is -0.383. The maximum Gasteiger partial charge on any atom is 0.308 e. The molecule has 0 fully saturated rings.